The predicted molar refractivity (Wildman–Crippen MR) is 162 cm³/mol. The van der Waals surface area contributed by atoms with Gasteiger partial charge >= 0.3 is 6.09 Å². The molecule has 0 spiro atoms. The summed E-state index contributed by atoms with van der Waals surface area (Å²) in [4.78, 5) is 33.5. The topological polar surface area (TPSA) is 151 Å². The molecule has 1 atom stereocenters. The third-order valence-electron chi connectivity index (χ3n) is 7.25. The minimum atomic E-state index is -0.563. The van der Waals surface area contributed by atoms with Gasteiger partial charge < -0.3 is 23.8 Å². The molecule has 0 saturated carbocycles. The van der Waals surface area contributed by atoms with Crippen molar-refractivity contribution >= 4 is 23.4 Å². The van der Waals surface area contributed by atoms with E-state index in [4.69, 9.17) is 25.8 Å². The van der Waals surface area contributed by atoms with E-state index in [0.29, 0.717) is 42.8 Å². The first kappa shape index (κ1) is 29.2. The number of rotatable bonds is 11. The molecule has 0 unspecified atom stereocenters. The molecule has 13 nitrogen and oxygen atoms in total. The number of anilines is 1. The van der Waals surface area contributed by atoms with Gasteiger partial charge in [0.25, 0.3) is 5.56 Å². The Morgan fingerprint density at radius 1 is 1.07 bits per heavy atom. The maximum absolute atomic E-state index is 13.5. The Kier molecular flexibility index (Phi) is 8.77. The van der Waals surface area contributed by atoms with Crippen molar-refractivity contribution < 1.29 is 19.0 Å². The Morgan fingerprint density at radius 3 is 2.70 bits per heavy atom. The van der Waals surface area contributed by atoms with Crippen LogP contribution in [0.2, 0.25) is 5.02 Å². The highest BCUT2D eigenvalue weighted by Crippen LogP contribution is 2.34. The lowest BCUT2D eigenvalue weighted by Crippen LogP contribution is -2.23. The molecule has 0 fully saturated rings. The molecule has 1 amide bonds. The van der Waals surface area contributed by atoms with Gasteiger partial charge in [-0.05, 0) is 70.8 Å². The van der Waals surface area contributed by atoms with Crippen molar-refractivity contribution in [3.63, 3.8) is 0 Å². The second-order valence-corrected chi connectivity index (χ2v) is 10.5. The van der Waals surface area contributed by atoms with Crippen LogP contribution in [-0.4, -0.2) is 74.4 Å². The molecule has 2 aromatic carbocycles. The lowest BCUT2D eigenvalue weighted by Gasteiger charge is -2.15. The zero-order chi connectivity index (χ0) is 30.5. The van der Waals surface area contributed by atoms with Crippen LogP contribution >= 0.6 is 11.6 Å². The summed E-state index contributed by atoms with van der Waals surface area (Å²) in [5.41, 5.74) is 5.25. The van der Waals surface area contributed by atoms with Gasteiger partial charge in [-0.2, -0.15) is 4.68 Å². The number of nitrogens with zero attached hydrogens (tertiary/aromatic N) is 6. The fourth-order valence-electron chi connectivity index (χ4n) is 5.20. The largest absolute Gasteiger partial charge is 0.447 e. The number of aromatic amines is 1. The van der Waals surface area contributed by atoms with Gasteiger partial charge in [-0.25, -0.2) is 9.78 Å². The van der Waals surface area contributed by atoms with E-state index in [1.807, 2.05) is 24.3 Å². The zero-order valence-electron chi connectivity index (χ0n) is 23.8. The molecule has 0 aliphatic carbocycles. The molecule has 14 heteroatoms. The molecule has 6 rings (SSSR count). The maximum atomic E-state index is 13.5. The van der Waals surface area contributed by atoms with E-state index in [2.05, 4.69) is 30.8 Å². The van der Waals surface area contributed by atoms with Crippen LogP contribution in [0, 0.1) is 0 Å². The summed E-state index contributed by atoms with van der Waals surface area (Å²) in [6, 6.07) is 16.1. The first-order valence-corrected chi connectivity index (χ1v) is 14.3. The second kappa shape index (κ2) is 13.2. The first-order chi connectivity index (χ1) is 21.5. The van der Waals surface area contributed by atoms with E-state index < -0.39 is 6.09 Å². The van der Waals surface area contributed by atoms with Crippen molar-refractivity contribution in [3.05, 3.63) is 94.0 Å². The van der Waals surface area contributed by atoms with Crippen LogP contribution in [0.5, 0.6) is 0 Å². The van der Waals surface area contributed by atoms with Crippen LogP contribution in [0.25, 0.3) is 28.1 Å². The number of hydrogen-bond donors (Lipinski definition) is 2. The van der Waals surface area contributed by atoms with Crippen LogP contribution in [0.4, 0.5) is 10.5 Å². The van der Waals surface area contributed by atoms with Gasteiger partial charge in [0, 0.05) is 35.1 Å². The average Bonchev–Trinajstić information content (AvgIpc) is 3.81. The number of ether oxygens (including phenoxy) is 3. The Hall–Kier alpha value is -4.85. The first-order valence-electron chi connectivity index (χ1n) is 13.9. The number of methoxy groups -OCH3 is 1. The minimum absolute atomic E-state index is 0.135. The number of benzene rings is 2. The van der Waals surface area contributed by atoms with Gasteiger partial charge in [-0.15, -0.1) is 5.10 Å². The Balaban J connectivity index is 1.14. The van der Waals surface area contributed by atoms with Gasteiger partial charge in [-0.1, -0.05) is 23.7 Å². The number of pyridine rings is 1. The standard InChI is InChI=1S/C30H29ClN8O5/c1-42-10-11-43-12-13-44-30(41)34-22-5-2-19(3-6-22)25-17-32-29(35-25)27-9-7-23-14-20(15-28(40)39(23)27)24-16-21(31)4-8-26(24)38-18-33-36-37-38/h2-6,8,14-18,27H,7,9-13H2,1H3,(H,32,35)(H,34,41)/t27-/m0/s1. The number of carbonyl (C=O) groups is 1. The van der Waals surface area contributed by atoms with Crippen molar-refractivity contribution in [1.29, 1.82) is 0 Å². The normalized spacial score (nSPS) is 14.0. The summed E-state index contributed by atoms with van der Waals surface area (Å²) in [6.07, 6.45) is 4.12. The zero-order valence-corrected chi connectivity index (χ0v) is 24.5. The van der Waals surface area contributed by atoms with Crippen LogP contribution in [0.1, 0.15) is 24.0 Å². The molecular formula is C30H29ClN8O5. The van der Waals surface area contributed by atoms with Crippen LogP contribution in [0.15, 0.2) is 71.9 Å². The van der Waals surface area contributed by atoms with Crippen molar-refractivity contribution in [2.75, 3.05) is 38.9 Å². The third kappa shape index (κ3) is 6.39. The predicted octanol–water partition coefficient (Wildman–Crippen LogP) is 4.28. The number of hydrogen-bond acceptors (Lipinski definition) is 9. The highest BCUT2D eigenvalue weighted by Gasteiger charge is 2.28. The molecule has 4 heterocycles. The van der Waals surface area contributed by atoms with E-state index in [1.54, 1.807) is 52.9 Å². The van der Waals surface area contributed by atoms with E-state index in [0.717, 1.165) is 40.2 Å². The van der Waals surface area contributed by atoms with Gasteiger partial charge in [0.05, 0.1) is 43.4 Å². The summed E-state index contributed by atoms with van der Waals surface area (Å²) < 4.78 is 18.6. The summed E-state index contributed by atoms with van der Waals surface area (Å²) in [7, 11) is 1.59. The Bertz CT molecular complexity index is 1800. The van der Waals surface area contributed by atoms with Crippen molar-refractivity contribution in [3.8, 4) is 28.1 Å². The second-order valence-electron chi connectivity index (χ2n) is 10.0. The maximum Gasteiger partial charge on any atom is 0.411 e. The number of imidazole rings is 1. The summed E-state index contributed by atoms with van der Waals surface area (Å²) in [5.74, 6) is 0.698. The Labute approximate surface area is 256 Å². The average molecular weight is 617 g/mol. The summed E-state index contributed by atoms with van der Waals surface area (Å²) >= 11 is 6.32. The van der Waals surface area contributed by atoms with E-state index in [1.165, 1.54) is 6.33 Å². The lowest BCUT2D eigenvalue weighted by molar-refractivity contribution is 0.0447. The molecule has 226 valence electrons. The molecule has 1 aliphatic heterocycles. The van der Waals surface area contributed by atoms with Crippen molar-refractivity contribution in [2.24, 2.45) is 0 Å². The van der Waals surface area contributed by atoms with Crippen molar-refractivity contribution in [2.45, 2.75) is 18.9 Å². The number of tetrazole rings is 1. The van der Waals surface area contributed by atoms with Gasteiger partial charge in [0.1, 0.15) is 18.8 Å². The number of H-pyrrole nitrogens is 1. The number of aromatic nitrogens is 7. The van der Waals surface area contributed by atoms with Crippen LogP contribution in [0.3, 0.4) is 0 Å². The highest BCUT2D eigenvalue weighted by molar-refractivity contribution is 6.31. The molecule has 2 N–H and O–H groups in total. The van der Waals surface area contributed by atoms with Crippen LogP contribution in [-0.2, 0) is 20.6 Å². The number of aryl methyl sites for hydroxylation is 1. The van der Waals surface area contributed by atoms with Gasteiger partial charge in [-0.3, -0.25) is 10.1 Å². The molecule has 3 aromatic heterocycles. The Morgan fingerprint density at radius 2 is 1.91 bits per heavy atom. The quantitative estimate of drug-likeness (QED) is 0.207. The lowest BCUT2D eigenvalue weighted by atomic mass is 10.0. The molecular weight excluding hydrogens is 588 g/mol. The molecule has 44 heavy (non-hydrogen) atoms. The fourth-order valence-corrected chi connectivity index (χ4v) is 5.37. The molecule has 0 bridgehead atoms. The van der Waals surface area contributed by atoms with Gasteiger partial charge in [0.2, 0.25) is 0 Å². The number of nitrogens with one attached hydrogen (secondary N) is 2. The van der Waals surface area contributed by atoms with E-state index in [-0.39, 0.29) is 18.2 Å². The van der Waals surface area contributed by atoms with E-state index in [9.17, 15) is 9.59 Å². The van der Waals surface area contributed by atoms with Crippen molar-refractivity contribution in [1.82, 2.24) is 34.7 Å². The molecule has 0 saturated heterocycles. The summed E-state index contributed by atoms with van der Waals surface area (Å²) in [5, 5.41) is 14.7. The molecule has 5 aromatic rings. The number of fused-ring (bicyclic) bond motifs is 1. The number of carbonyl (C=O) groups excluding carboxylic acids is 1. The van der Waals surface area contributed by atoms with Gasteiger partial charge in [0.15, 0.2) is 0 Å². The monoisotopic (exact) mass is 616 g/mol. The highest BCUT2D eigenvalue weighted by atomic mass is 35.5. The molecule has 0 radical (unpaired) electrons. The number of amides is 1. The smallest absolute Gasteiger partial charge is 0.411 e. The number of halogens is 1. The SMILES string of the molecule is COCCOCCOC(=O)Nc1ccc(-c2cnc([C@@H]3CCc4cc(-c5cc(Cl)ccc5-n5cnnn5)cc(=O)n43)[nH]2)cc1. The molecule has 1 aliphatic rings. The summed E-state index contributed by atoms with van der Waals surface area (Å²) in [6.45, 7) is 1.36. The van der Waals surface area contributed by atoms with E-state index >= 15 is 0 Å². The minimum Gasteiger partial charge on any atom is -0.447 e. The fraction of sp³-hybridized carbons (Fsp3) is 0.267. The van der Waals surface area contributed by atoms with Crippen LogP contribution < -0.4 is 10.9 Å². The third-order valence-corrected chi connectivity index (χ3v) is 7.48.